The van der Waals surface area contributed by atoms with Gasteiger partial charge in [0.1, 0.15) is 11.4 Å². The highest BCUT2D eigenvalue weighted by Crippen LogP contribution is 2.27. The Morgan fingerprint density at radius 1 is 0.722 bits per heavy atom. The molecule has 4 heterocycles. The third kappa shape index (κ3) is 7.61. The van der Waals surface area contributed by atoms with E-state index in [1.54, 1.807) is 56.4 Å². The van der Waals surface area contributed by atoms with Crippen LogP contribution < -0.4 is 27.8 Å². The van der Waals surface area contributed by atoms with Gasteiger partial charge in [0.15, 0.2) is 0 Å². The number of nitrogens with one attached hydrogen (secondary N) is 2. The second-order valence-corrected chi connectivity index (χ2v) is 12.4. The molecule has 0 saturated heterocycles. The van der Waals surface area contributed by atoms with Crippen LogP contribution in [-0.2, 0) is 32.6 Å². The van der Waals surface area contributed by atoms with Crippen molar-refractivity contribution in [3.63, 3.8) is 0 Å². The van der Waals surface area contributed by atoms with Gasteiger partial charge in [0.25, 0.3) is 11.8 Å². The van der Waals surface area contributed by atoms with Gasteiger partial charge in [0, 0.05) is 37.3 Å². The Balaban J connectivity index is 0.00000561. The van der Waals surface area contributed by atoms with Gasteiger partial charge in [0.2, 0.25) is 23.7 Å². The van der Waals surface area contributed by atoms with Gasteiger partial charge in [-0.05, 0) is 88.7 Å². The Bertz CT molecular complexity index is 2430. The molecule has 0 aliphatic rings. The summed E-state index contributed by atoms with van der Waals surface area (Å²) in [6.07, 6.45) is 4.19. The average molecular weight is 736 g/mol. The summed E-state index contributed by atoms with van der Waals surface area (Å²) < 4.78 is 6.85. The molecule has 0 spiro atoms. The van der Waals surface area contributed by atoms with Crippen molar-refractivity contribution in [3.05, 3.63) is 94.1 Å². The van der Waals surface area contributed by atoms with Gasteiger partial charge in [-0.15, -0.1) is 0 Å². The molecular weight excluding hydrogens is 690 g/mol. The van der Waals surface area contributed by atoms with Gasteiger partial charge in [0.05, 0.1) is 33.5 Å². The minimum absolute atomic E-state index is 0. The molecule has 0 saturated carbocycles. The Kier molecular flexibility index (Phi) is 11.4. The van der Waals surface area contributed by atoms with E-state index in [9.17, 15) is 19.2 Å². The largest absolute Gasteiger partial charge is 0.366 e. The van der Waals surface area contributed by atoms with Crippen molar-refractivity contribution in [1.82, 2.24) is 38.7 Å². The third-order valence-corrected chi connectivity index (χ3v) is 8.71. The van der Waals surface area contributed by atoms with E-state index in [0.29, 0.717) is 70.9 Å². The molecule has 2 aromatic carbocycles. The molecule has 0 atom stereocenters. The highest BCUT2D eigenvalue weighted by atomic mass is 16.2. The molecule has 4 amide bonds. The number of imidazole rings is 2. The van der Waals surface area contributed by atoms with Gasteiger partial charge in [-0.2, -0.15) is 10.2 Å². The molecule has 8 N–H and O–H groups in total. The molecule has 4 aromatic heterocycles. The zero-order chi connectivity index (χ0) is 38.0. The van der Waals surface area contributed by atoms with Crippen LogP contribution in [0.15, 0.2) is 54.6 Å². The summed E-state index contributed by atoms with van der Waals surface area (Å²) in [6, 6.07) is 11.6. The fourth-order valence-electron chi connectivity index (χ4n) is 6.31. The molecule has 6 aromatic rings. The molecule has 0 unspecified atom stereocenters. The van der Waals surface area contributed by atoms with Crippen molar-refractivity contribution in [2.75, 3.05) is 17.2 Å². The number of carbonyl (C=O) groups excluding carboxylic acids is 4. The number of benzene rings is 2. The zero-order valence-electron chi connectivity index (χ0n) is 29.9. The maximum atomic E-state index is 13.6. The van der Waals surface area contributed by atoms with E-state index in [4.69, 9.17) is 22.2 Å². The minimum atomic E-state index is -0.611. The van der Waals surface area contributed by atoms with Crippen LogP contribution in [-0.4, -0.2) is 68.8 Å². The van der Waals surface area contributed by atoms with Gasteiger partial charge in [-0.25, -0.2) is 9.97 Å². The molecule has 54 heavy (non-hydrogen) atoms. The molecule has 0 radical (unpaired) electrons. The summed E-state index contributed by atoms with van der Waals surface area (Å²) in [6.45, 7) is 9.22. The minimum Gasteiger partial charge on any atom is -0.366 e. The number of carbonyl (C=O) groups is 4. The maximum Gasteiger partial charge on any atom is 0.276 e. The standard InChI is InChI=1S/C36H41N13O4.CH4/c1-5-48-28(15-20(3)44-48)33(52)42-35-40-25-18-23(31(38)50)9-10-27(25)46(35)13-7-8-14-47-30-22(11-12-37)17-24(32(39)51)19-26(30)41-36(47)43-34(53)29-16-21(4)45-49(29)6-2;/h7-10,15-19H,5-6,11-14,37H2,1-4H3,(H2,38,50)(H2,39,51)(H,40,42,52)(H,41,43,53);1H4/b8-7+;. The number of fused-ring (bicyclic) bond motifs is 2. The summed E-state index contributed by atoms with van der Waals surface area (Å²) in [4.78, 5) is 60.5. The van der Waals surface area contributed by atoms with Gasteiger partial charge in [-0.3, -0.25) is 39.2 Å². The lowest BCUT2D eigenvalue weighted by atomic mass is 10.1. The quantitative estimate of drug-likeness (QED) is 0.103. The normalized spacial score (nSPS) is 11.4. The number of aromatic nitrogens is 8. The van der Waals surface area contributed by atoms with E-state index >= 15 is 0 Å². The van der Waals surface area contributed by atoms with Crippen LogP contribution in [0.3, 0.4) is 0 Å². The number of anilines is 2. The van der Waals surface area contributed by atoms with E-state index in [0.717, 1.165) is 5.56 Å². The van der Waals surface area contributed by atoms with Crippen molar-refractivity contribution in [1.29, 1.82) is 0 Å². The summed E-state index contributed by atoms with van der Waals surface area (Å²) in [5, 5.41) is 14.6. The number of hydrogen-bond acceptors (Lipinski definition) is 9. The number of primary amides is 2. The monoisotopic (exact) mass is 735 g/mol. The van der Waals surface area contributed by atoms with Crippen LogP contribution in [0, 0.1) is 13.8 Å². The zero-order valence-corrected chi connectivity index (χ0v) is 29.9. The number of aryl methyl sites for hydroxylation is 4. The van der Waals surface area contributed by atoms with Crippen molar-refractivity contribution >= 4 is 57.6 Å². The number of nitrogens with zero attached hydrogens (tertiary/aromatic N) is 8. The fraction of sp³-hybridized carbons (Fsp3) is 0.297. The number of allylic oxidation sites excluding steroid dienone is 2. The topological polar surface area (TPSA) is 242 Å². The first-order chi connectivity index (χ1) is 25.4. The van der Waals surface area contributed by atoms with E-state index < -0.39 is 23.6 Å². The lowest BCUT2D eigenvalue weighted by Crippen LogP contribution is -2.20. The molecule has 0 fully saturated rings. The highest BCUT2D eigenvalue weighted by molar-refractivity contribution is 6.05. The third-order valence-electron chi connectivity index (χ3n) is 8.71. The Morgan fingerprint density at radius 2 is 1.24 bits per heavy atom. The van der Waals surface area contributed by atoms with Crippen molar-refractivity contribution in [3.8, 4) is 0 Å². The maximum absolute atomic E-state index is 13.6. The second-order valence-electron chi connectivity index (χ2n) is 12.4. The van der Waals surface area contributed by atoms with Gasteiger partial charge < -0.3 is 26.3 Å². The van der Waals surface area contributed by atoms with Crippen molar-refractivity contribution < 1.29 is 19.2 Å². The van der Waals surface area contributed by atoms with Crippen LogP contribution in [0.4, 0.5) is 11.9 Å². The average Bonchev–Trinajstić information content (AvgIpc) is 3.88. The molecule has 282 valence electrons. The van der Waals surface area contributed by atoms with Crippen LogP contribution in [0.1, 0.15) is 79.9 Å². The Labute approximate surface area is 311 Å². The molecule has 17 nitrogen and oxygen atoms in total. The molecule has 6 rings (SSSR count). The van der Waals surface area contributed by atoms with E-state index in [-0.39, 0.29) is 43.5 Å². The smallest absolute Gasteiger partial charge is 0.276 e. The molecule has 17 heteroatoms. The lowest BCUT2D eigenvalue weighted by Gasteiger charge is -2.12. The first-order valence-electron chi connectivity index (χ1n) is 17.1. The van der Waals surface area contributed by atoms with E-state index in [1.165, 1.54) is 0 Å². The Morgan fingerprint density at radius 3 is 1.78 bits per heavy atom. The van der Waals surface area contributed by atoms with E-state index in [2.05, 4.69) is 25.8 Å². The van der Waals surface area contributed by atoms with Crippen molar-refractivity contribution in [2.24, 2.45) is 17.2 Å². The molecule has 0 aliphatic carbocycles. The second kappa shape index (κ2) is 16.0. The first kappa shape index (κ1) is 38.6. The predicted octanol–water partition coefficient (Wildman–Crippen LogP) is 3.53. The number of rotatable bonds is 14. The number of nitrogens with two attached hydrogens (primary N) is 3. The number of amides is 4. The SMILES string of the molecule is C.CCn1nc(C)cc1C(=O)Nc1nc2cc(C(N)=O)ccc2n1C/C=C/Cn1c(NC(=O)c2cc(C)nn2CC)nc2cc(C(N)=O)cc(CCN)c21. The van der Waals surface area contributed by atoms with Crippen molar-refractivity contribution in [2.45, 2.75) is 67.7 Å². The fourth-order valence-corrected chi connectivity index (χ4v) is 6.31. The summed E-state index contributed by atoms with van der Waals surface area (Å²) >= 11 is 0. The predicted molar refractivity (Wildman–Crippen MR) is 206 cm³/mol. The summed E-state index contributed by atoms with van der Waals surface area (Å²) in [5.41, 5.74) is 22.9. The van der Waals surface area contributed by atoms with Crippen LogP contribution in [0.25, 0.3) is 22.1 Å². The highest BCUT2D eigenvalue weighted by Gasteiger charge is 2.22. The molecule has 0 bridgehead atoms. The van der Waals surface area contributed by atoms with Gasteiger partial charge >= 0.3 is 0 Å². The van der Waals surface area contributed by atoms with Gasteiger partial charge in [-0.1, -0.05) is 19.6 Å². The lowest BCUT2D eigenvalue weighted by molar-refractivity contribution is 0.0992. The van der Waals surface area contributed by atoms with Crippen LogP contribution in [0.2, 0.25) is 0 Å². The van der Waals surface area contributed by atoms with Crippen LogP contribution in [0.5, 0.6) is 0 Å². The summed E-state index contributed by atoms with van der Waals surface area (Å²) in [5.74, 6) is -1.50. The molecule has 0 aliphatic heterocycles. The Hall–Kier alpha value is -6.62. The summed E-state index contributed by atoms with van der Waals surface area (Å²) in [7, 11) is 0. The van der Waals surface area contributed by atoms with E-state index in [1.807, 2.05) is 44.4 Å². The first-order valence-corrected chi connectivity index (χ1v) is 17.1. The van der Waals surface area contributed by atoms with Crippen LogP contribution >= 0.6 is 0 Å². The molecular formula is C37H45N13O4. The number of hydrogen-bond donors (Lipinski definition) is 5.